The second-order valence-corrected chi connectivity index (χ2v) is 2.95. The lowest BCUT2D eigenvalue weighted by Crippen LogP contribution is -2.33. The molecule has 0 aromatic carbocycles. The standard InChI is InChI=1S/C9H15NO/c1-6-5-7(2)10-9(11-4)8(6)3/h5,9-10H,1-4H3. The van der Waals surface area contributed by atoms with Gasteiger partial charge < -0.3 is 10.1 Å². The van der Waals surface area contributed by atoms with Crippen LogP contribution in [-0.4, -0.2) is 13.3 Å². The fourth-order valence-electron chi connectivity index (χ4n) is 1.24. The van der Waals surface area contributed by atoms with Crippen LogP contribution in [0.4, 0.5) is 0 Å². The highest BCUT2D eigenvalue weighted by Crippen LogP contribution is 2.17. The molecule has 0 aliphatic carbocycles. The minimum absolute atomic E-state index is 0.0694. The fraction of sp³-hybridized carbons (Fsp3) is 0.556. The van der Waals surface area contributed by atoms with Gasteiger partial charge in [-0.05, 0) is 38.0 Å². The van der Waals surface area contributed by atoms with Crippen LogP contribution < -0.4 is 5.32 Å². The van der Waals surface area contributed by atoms with Crippen LogP contribution >= 0.6 is 0 Å². The van der Waals surface area contributed by atoms with Crippen molar-refractivity contribution in [1.29, 1.82) is 0 Å². The van der Waals surface area contributed by atoms with Crippen molar-refractivity contribution in [2.75, 3.05) is 7.11 Å². The third-order valence-corrected chi connectivity index (χ3v) is 2.04. The smallest absolute Gasteiger partial charge is 0.149 e. The first-order valence-electron chi connectivity index (χ1n) is 3.80. The maximum absolute atomic E-state index is 5.23. The van der Waals surface area contributed by atoms with E-state index in [9.17, 15) is 0 Å². The van der Waals surface area contributed by atoms with Gasteiger partial charge in [0.15, 0.2) is 0 Å². The lowest BCUT2D eigenvalue weighted by atomic mass is 10.1. The second-order valence-electron chi connectivity index (χ2n) is 2.95. The van der Waals surface area contributed by atoms with E-state index >= 15 is 0 Å². The van der Waals surface area contributed by atoms with E-state index in [0.717, 1.165) is 0 Å². The van der Waals surface area contributed by atoms with Crippen molar-refractivity contribution in [1.82, 2.24) is 5.32 Å². The molecule has 1 aliphatic heterocycles. The maximum Gasteiger partial charge on any atom is 0.149 e. The van der Waals surface area contributed by atoms with Crippen LogP contribution in [0.3, 0.4) is 0 Å². The van der Waals surface area contributed by atoms with Crippen LogP contribution in [0.2, 0.25) is 0 Å². The van der Waals surface area contributed by atoms with E-state index in [0.29, 0.717) is 0 Å². The predicted octanol–water partition coefficient (Wildman–Crippen LogP) is 1.80. The normalized spacial score (nSPS) is 24.7. The highest BCUT2D eigenvalue weighted by atomic mass is 16.5. The largest absolute Gasteiger partial charge is 0.360 e. The molecule has 0 amide bonds. The molecule has 1 atom stereocenters. The van der Waals surface area contributed by atoms with Gasteiger partial charge in [-0.25, -0.2) is 0 Å². The molecule has 0 fully saturated rings. The van der Waals surface area contributed by atoms with Gasteiger partial charge >= 0.3 is 0 Å². The zero-order valence-corrected chi connectivity index (χ0v) is 7.56. The highest BCUT2D eigenvalue weighted by Gasteiger charge is 2.14. The van der Waals surface area contributed by atoms with Crippen LogP contribution in [0, 0.1) is 0 Å². The lowest BCUT2D eigenvalue weighted by Gasteiger charge is -2.25. The van der Waals surface area contributed by atoms with Crippen LogP contribution in [-0.2, 0) is 4.74 Å². The summed E-state index contributed by atoms with van der Waals surface area (Å²) in [5.41, 5.74) is 3.73. The molecule has 62 valence electrons. The first-order chi connectivity index (χ1) is 5.15. The molecule has 1 aliphatic rings. The molecule has 1 rings (SSSR count). The van der Waals surface area contributed by atoms with Crippen molar-refractivity contribution in [2.24, 2.45) is 0 Å². The van der Waals surface area contributed by atoms with Crippen molar-refractivity contribution < 1.29 is 4.74 Å². The topological polar surface area (TPSA) is 21.3 Å². The van der Waals surface area contributed by atoms with Gasteiger partial charge in [0.05, 0.1) is 0 Å². The van der Waals surface area contributed by atoms with E-state index < -0.39 is 0 Å². The van der Waals surface area contributed by atoms with Gasteiger partial charge in [-0.1, -0.05) is 0 Å². The number of methoxy groups -OCH3 is 1. The second kappa shape index (κ2) is 3.09. The first kappa shape index (κ1) is 8.34. The number of allylic oxidation sites excluding steroid dienone is 3. The van der Waals surface area contributed by atoms with Crippen molar-refractivity contribution >= 4 is 0 Å². The molecule has 0 saturated carbocycles. The quantitative estimate of drug-likeness (QED) is 0.620. The van der Waals surface area contributed by atoms with Crippen molar-refractivity contribution in [2.45, 2.75) is 27.0 Å². The van der Waals surface area contributed by atoms with Crippen LogP contribution in [0.25, 0.3) is 0 Å². The molecule has 0 aromatic rings. The number of hydrogen-bond acceptors (Lipinski definition) is 2. The van der Waals surface area contributed by atoms with Gasteiger partial charge in [0.1, 0.15) is 6.23 Å². The summed E-state index contributed by atoms with van der Waals surface area (Å²) < 4.78 is 5.23. The Morgan fingerprint density at radius 2 is 2.00 bits per heavy atom. The van der Waals surface area contributed by atoms with Gasteiger partial charge in [-0.15, -0.1) is 0 Å². The number of ether oxygens (including phenoxy) is 1. The van der Waals surface area contributed by atoms with Crippen molar-refractivity contribution in [3.63, 3.8) is 0 Å². The van der Waals surface area contributed by atoms with E-state index in [1.54, 1.807) is 7.11 Å². The Morgan fingerprint density at radius 3 is 2.55 bits per heavy atom. The summed E-state index contributed by atoms with van der Waals surface area (Å²) >= 11 is 0. The average Bonchev–Trinajstić information content (AvgIpc) is 1.96. The molecule has 2 nitrogen and oxygen atoms in total. The zero-order valence-electron chi connectivity index (χ0n) is 7.56. The zero-order chi connectivity index (χ0) is 8.43. The SMILES string of the molecule is COC1NC(C)=CC(C)=C1C. The molecule has 0 radical (unpaired) electrons. The Morgan fingerprint density at radius 1 is 1.36 bits per heavy atom. The van der Waals surface area contributed by atoms with E-state index in [2.05, 4.69) is 25.2 Å². The van der Waals surface area contributed by atoms with Gasteiger partial charge in [0.25, 0.3) is 0 Å². The fourth-order valence-corrected chi connectivity index (χ4v) is 1.24. The van der Waals surface area contributed by atoms with Gasteiger partial charge in [0.2, 0.25) is 0 Å². The summed E-state index contributed by atoms with van der Waals surface area (Å²) in [7, 11) is 1.72. The average molecular weight is 153 g/mol. The number of dihydropyridines is 1. The minimum atomic E-state index is 0.0694. The molecule has 0 bridgehead atoms. The summed E-state index contributed by atoms with van der Waals surface area (Å²) in [4.78, 5) is 0. The summed E-state index contributed by atoms with van der Waals surface area (Å²) in [6.45, 7) is 6.23. The third-order valence-electron chi connectivity index (χ3n) is 2.04. The lowest BCUT2D eigenvalue weighted by molar-refractivity contribution is 0.110. The molecule has 1 heterocycles. The van der Waals surface area contributed by atoms with Crippen molar-refractivity contribution in [3.8, 4) is 0 Å². The number of nitrogens with one attached hydrogen (secondary N) is 1. The third kappa shape index (κ3) is 1.63. The Balaban J connectivity index is 2.87. The number of rotatable bonds is 1. The van der Waals surface area contributed by atoms with Gasteiger partial charge in [-0.3, -0.25) is 0 Å². The molecule has 0 aromatic heterocycles. The van der Waals surface area contributed by atoms with Gasteiger partial charge in [-0.2, -0.15) is 0 Å². The van der Waals surface area contributed by atoms with Crippen molar-refractivity contribution in [3.05, 3.63) is 22.9 Å². The summed E-state index contributed by atoms with van der Waals surface area (Å²) in [5, 5.41) is 3.23. The minimum Gasteiger partial charge on any atom is -0.360 e. The Bertz CT molecular complexity index is 216. The molecule has 0 spiro atoms. The Hall–Kier alpha value is -0.760. The van der Waals surface area contributed by atoms with E-state index in [-0.39, 0.29) is 6.23 Å². The monoisotopic (exact) mass is 153 g/mol. The maximum atomic E-state index is 5.23. The summed E-state index contributed by atoms with van der Waals surface area (Å²) in [6.07, 6.45) is 2.20. The van der Waals surface area contributed by atoms with Gasteiger partial charge in [0, 0.05) is 12.8 Å². The summed E-state index contributed by atoms with van der Waals surface area (Å²) in [5.74, 6) is 0. The van der Waals surface area contributed by atoms with Crippen LogP contribution in [0.15, 0.2) is 22.9 Å². The molecular weight excluding hydrogens is 138 g/mol. The molecule has 11 heavy (non-hydrogen) atoms. The highest BCUT2D eigenvalue weighted by molar-refractivity contribution is 5.31. The molecule has 1 unspecified atom stereocenters. The molecule has 0 saturated heterocycles. The molecule has 2 heteroatoms. The van der Waals surface area contributed by atoms with E-state index in [4.69, 9.17) is 4.74 Å². The first-order valence-corrected chi connectivity index (χ1v) is 3.80. The van der Waals surface area contributed by atoms with E-state index in [1.165, 1.54) is 16.8 Å². The van der Waals surface area contributed by atoms with E-state index in [1.807, 2.05) is 6.92 Å². The van der Waals surface area contributed by atoms with Crippen LogP contribution in [0.5, 0.6) is 0 Å². The number of hydrogen-bond donors (Lipinski definition) is 1. The molecule has 1 N–H and O–H groups in total. The molecular formula is C9H15NO. The van der Waals surface area contributed by atoms with Crippen LogP contribution in [0.1, 0.15) is 20.8 Å². The predicted molar refractivity (Wildman–Crippen MR) is 46.1 cm³/mol. The Kier molecular flexibility index (Phi) is 2.35. The summed E-state index contributed by atoms with van der Waals surface area (Å²) in [6, 6.07) is 0. The Labute approximate surface area is 67.9 Å².